The molecule has 0 spiro atoms. The van der Waals surface area contributed by atoms with Gasteiger partial charge in [-0.3, -0.25) is 0 Å². The molecular weight excluding hydrogens is 495 g/mol. The first-order valence-electron chi connectivity index (χ1n) is 10.3. The molecule has 8 heteroatoms. The van der Waals surface area contributed by atoms with E-state index < -0.39 is 0 Å². The summed E-state index contributed by atoms with van der Waals surface area (Å²) in [6, 6.07) is 6.28. The molecule has 1 aliphatic heterocycles. The Balaban J connectivity index is 0.00000320. The van der Waals surface area contributed by atoms with Crippen LogP contribution in [0.2, 0.25) is 0 Å². The second-order valence-electron chi connectivity index (χ2n) is 7.39. The van der Waals surface area contributed by atoms with Gasteiger partial charge in [0.05, 0.1) is 25.5 Å². The van der Waals surface area contributed by atoms with Gasteiger partial charge in [-0.15, -0.1) is 24.0 Å². The van der Waals surface area contributed by atoms with E-state index in [1.807, 2.05) is 13.8 Å². The predicted octanol–water partition coefficient (Wildman–Crippen LogP) is 3.68. The molecule has 3 rings (SSSR count). The minimum atomic E-state index is 0. The lowest BCUT2D eigenvalue weighted by Crippen LogP contribution is -2.38. The number of nitrogens with one attached hydrogen (secondary N) is 2. The second kappa shape index (κ2) is 12.1. The molecule has 1 aromatic carbocycles. The number of aliphatic imine (C=N–C) groups is 1. The number of benzene rings is 1. The highest BCUT2D eigenvalue weighted by atomic mass is 127. The van der Waals surface area contributed by atoms with Gasteiger partial charge in [0.2, 0.25) is 0 Å². The minimum Gasteiger partial charge on any atom is -0.488 e. The van der Waals surface area contributed by atoms with Crippen LogP contribution in [0.25, 0.3) is 0 Å². The van der Waals surface area contributed by atoms with Crippen LogP contribution in [-0.2, 0) is 17.7 Å². The Hall–Kier alpha value is -1.81. The fourth-order valence-corrected chi connectivity index (χ4v) is 3.36. The molecular formula is C22H33IN4O3. The van der Waals surface area contributed by atoms with Crippen LogP contribution in [0.4, 0.5) is 0 Å². The molecule has 1 saturated heterocycles. The quantitative estimate of drug-likeness (QED) is 0.309. The van der Waals surface area contributed by atoms with Gasteiger partial charge in [-0.05, 0) is 45.7 Å². The molecule has 166 valence electrons. The molecule has 0 amide bonds. The van der Waals surface area contributed by atoms with E-state index in [0.29, 0.717) is 13.2 Å². The number of guanidine groups is 1. The number of hydrogen-bond acceptors (Lipinski definition) is 5. The summed E-state index contributed by atoms with van der Waals surface area (Å²) in [6.07, 6.45) is 1.90. The first-order valence-corrected chi connectivity index (χ1v) is 10.3. The van der Waals surface area contributed by atoms with Crippen LogP contribution < -0.4 is 15.4 Å². The molecule has 2 aromatic rings. The Bertz CT molecular complexity index is 812. The molecule has 0 aliphatic carbocycles. The number of nitrogens with zero attached hydrogens (tertiary/aromatic N) is 2. The van der Waals surface area contributed by atoms with E-state index >= 15 is 0 Å². The van der Waals surface area contributed by atoms with Crippen LogP contribution in [-0.4, -0.2) is 43.5 Å². The van der Waals surface area contributed by atoms with Crippen molar-refractivity contribution in [1.29, 1.82) is 0 Å². The number of aryl methyl sites for hydroxylation is 3. The average Bonchev–Trinajstić information content (AvgIpc) is 3.32. The monoisotopic (exact) mass is 528 g/mol. The molecule has 2 heterocycles. The van der Waals surface area contributed by atoms with Crippen molar-refractivity contribution >= 4 is 29.9 Å². The molecule has 1 fully saturated rings. The summed E-state index contributed by atoms with van der Waals surface area (Å²) >= 11 is 0. The van der Waals surface area contributed by atoms with Crippen LogP contribution in [0.1, 0.15) is 41.5 Å². The Morgan fingerprint density at radius 2 is 2.10 bits per heavy atom. The van der Waals surface area contributed by atoms with Gasteiger partial charge < -0.3 is 24.6 Å². The zero-order chi connectivity index (χ0) is 20.6. The van der Waals surface area contributed by atoms with Gasteiger partial charge in [-0.1, -0.05) is 17.3 Å². The van der Waals surface area contributed by atoms with Crippen molar-refractivity contribution < 1.29 is 14.0 Å². The summed E-state index contributed by atoms with van der Waals surface area (Å²) in [5.41, 5.74) is 4.35. The van der Waals surface area contributed by atoms with Crippen LogP contribution in [0, 0.1) is 20.8 Å². The molecule has 1 unspecified atom stereocenters. The zero-order valence-electron chi connectivity index (χ0n) is 18.3. The second-order valence-corrected chi connectivity index (χ2v) is 7.39. The summed E-state index contributed by atoms with van der Waals surface area (Å²) in [6.45, 7) is 11.6. The van der Waals surface area contributed by atoms with Gasteiger partial charge in [-0.25, -0.2) is 4.99 Å². The summed E-state index contributed by atoms with van der Waals surface area (Å²) in [7, 11) is 0. The highest BCUT2D eigenvalue weighted by Crippen LogP contribution is 2.24. The molecule has 1 atom stereocenters. The molecule has 1 aliphatic rings. The van der Waals surface area contributed by atoms with E-state index in [4.69, 9.17) is 19.0 Å². The average molecular weight is 528 g/mol. The third-order valence-electron chi connectivity index (χ3n) is 5.00. The van der Waals surface area contributed by atoms with Crippen LogP contribution in [0.15, 0.2) is 27.7 Å². The summed E-state index contributed by atoms with van der Waals surface area (Å²) in [5.74, 6) is 2.56. The Kier molecular flexibility index (Phi) is 9.90. The SMILES string of the molecule is CCNC(=NCc1ccc(C)cc1OC1CCOC1)NCCc1c(C)noc1C.I. The number of hydrogen-bond donors (Lipinski definition) is 2. The van der Waals surface area contributed by atoms with Gasteiger partial charge in [0.1, 0.15) is 17.6 Å². The normalized spacial score (nSPS) is 16.3. The van der Waals surface area contributed by atoms with Crippen molar-refractivity contribution in [1.82, 2.24) is 15.8 Å². The topological polar surface area (TPSA) is 80.9 Å². The maximum atomic E-state index is 6.18. The van der Waals surface area contributed by atoms with Gasteiger partial charge in [0, 0.05) is 30.6 Å². The van der Waals surface area contributed by atoms with Gasteiger partial charge in [0.25, 0.3) is 0 Å². The Morgan fingerprint density at radius 3 is 2.77 bits per heavy atom. The van der Waals surface area contributed by atoms with E-state index in [1.54, 1.807) is 0 Å². The number of ether oxygens (including phenoxy) is 2. The van der Waals surface area contributed by atoms with Crippen LogP contribution in [0.5, 0.6) is 5.75 Å². The summed E-state index contributed by atoms with van der Waals surface area (Å²) in [5, 5.41) is 10.7. The van der Waals surface area contributed by atoms with Crippen molar-refractivity contribution in [3.63, 3.8) is 0 Å². The minimum absolute atomic E-state index is 0. The van der Waals surface area contributed by atoms with E-state index in [1.165, 1.54) is 5.56 Å². The third-order valence-corrected chi connectivity index (χ3v) is 5.00. The predicted molar refractivity (Wildman–Crippen MR) is 129 cm³/mol. The number of halogens is 1. The van der Waals surface area contributed by atoms with Gasteiger partial charge in [0.15, 0.2) is 5.96 Å². The van der Waals surface area contributed by atoms with Gasteiger partial charge in [-0.2, -0.15) is 0 Å². The Labute approximate surface area is 196 Å². The largest absolute Gasteiger partial charge is 0.488 e. The van der Waals surface area contributed by atoms with Crippen molar-refractivity contribution in [3.8, 4) is 5.75 Å². The van der Waals surface area contributed by atoms with Crippen molar-refractivity contribution in [2.24, 2.45) is 4.99 Å². The lowest BCUT2D eigenvalue weighted by Gasteiger charge is -2.16. The maximum Gasteiger partial charge on any atom is 0.191 e. The van der Waals surface area contributed by atoms with Crippen molar-refractivity contribution in [2.75, 3.05) is 26.3 Å². The molecule has 0 bridgehead atoms. The molecule has 30 heavy (non-hydrogen) atoms. The zero-order valence-corrected chi connectivity index (χ0v) is 20.6. The standard InChI is InChI=1S/C22H32N4O3.HI/c1-5-23-22(24-10-8-20-16(3)26-29-17(20)4)25-13-18-7-6-15(2)12-21(18)28-19-9-11-27-14-19;/h6-7,12,19H,5,8-11,13-14H2,1-4H3,(H2,23,24,25);1H. The van der Waals surface area contributed by atoms with E-state index in [2.05, 4.69) is 47.8 Å². The fraction of sp³-hybridized carbons (Fsp3) is 0.545. The molecule has 7 nitrogen and oxygen atoms in total. The number of aromatic nitrogens is 1. The molecule has 1 aromatic heterocycles. The first kappa shape index (κ1) is 24.5. The molecule has 0 saturated carbocycles. The highest BCUT2D eigenvalue weighted by Gasteiger charge is 2.18. The van der Waals surface area contributed by atoms with Crippen LogP contribution >= 0.6 is 24.0 Å². The first-order chi connectivity index (χ1) is 14.1. The molecule has 2 N–H and O–H groups in total. The third kappa shape index (κ3) is 6.87. The van der Waals surface area contributed by atoms with E-state index in [9.17, 15) is 0 Å². The van der Waals surface area contributed by atoms with Crippen LogP contribution in [0.3, 0.4) is 0 Å². The molecule has 0 radical (unpaired) electrons. The smallest absolute Gasteiger partial charge is 0.191 e. The lowest BCUT2D eigenvalue weighted by molar-refractivity contribution is 0.140. The fourth-order valence-electron chi connectivity index (χ4n) is 3.36. The maximum absolute atomic E-state index is 6.18. The lowest BCUT2D eigenvalue weighted by atomic mass is 10.1. The van der Waals surface area contributed by atoms with Crippen molar-refractivity contribution in [2.45, 2.75) is 53.2 Å². The van der Waals surface area contributed by atoms with Crippen molar-refractivity contribution in [3.05, 3.63) is 46.3 Å². The van der Waals surface area contributed by atoms with E-state index in [-0.39, 0.29) is 30.1 Å². The Morgan fingerprint density at radius 1 is 1.27 bits per heavy atom. The van der Waals surface area contributed by atoms with Gasteiger partial charge >= 0.3 is 0 Å². The van der Waals surface area contributed by atoms with E-state index in [0.717, 1.165) is 66.8 Å². The summed E-state index contributed by atoms with van der Waals surface area (Å²) in [4.78, 5) is 4.76. The highest BCUT2D eigenvalue weighted by molar-refractivity contribution is 14.0. The summed E-state index contributed by atoms with van der Waals surface area (Å²) < 4.78 is 16.9. The number of rotatable bonds is 8.